The lowest BCUT2D eigenvalue weighted by Crippen LogP contribution is -2.54. The van der Waals surface area contributed by atoms with Gasteiger partial charge >= 0.3 is 0 Å². The van der Waals surface area contributed by atoms with Crippen LogP contribution in [0, 0.1) is 5.82 Å². The molecule has 0 spiro atoms. The van der Waals surface area contributed by atoms with E-state index in [-0.39, 0.29) is 17.1 Å². The summed E-state index contributed by atoms with van der Waals surface area (Å²) < 4.78 is 48.1. The van der Waals surface area contributed by atoms with Gasteiger partial charge in [-0.25, -0.2) is 12.8 Å². The van der Waals surface area contributed by atoms with Crippen LogP contribution < -0.4 is 14.4 Å². The first-order valence-corrected chi connectivity index (χ1v) is 16.2. The number of carbonyl (C=O) groups excluding carboxylic acids is 2. The fourth-order valence-electron chi connectivity index (χ4n) is 4.12. The lowest BCUT2D eigenvalue weighted by atomic mass is 10.1. The normalized spacial score (nSPS) is 12.4. The number of halogens is 1. The van der Waals surface area contributed by atoms with Crippen molar-refractivity contribution in [2.75, 3.05) is 23.7 Å². The maximum absolute atomic E-state index is 14.0. The Hall–Kier alpha value is -3.57. The number of ether oxygens (including phenoxy) is 1. The second-order valence-electron chi connectivity index (χ2n) is 10.7. The summed E-state index contributed by atoms with van der Waals surface area (Å²) in [6.07, 6.45) is 1.89. The maximum atomic E-state index is 14.0. The molecular formula is C31H38FN3O5S2. The van der Waals surface area contributed by atoms with Crippen LogP contribution in [-0.4, -0.2) is 56.1 Å². The molecule has 1 N–H and O–H groups in total. The largest absolute Gasteiger partial charge is 0.494 e. The first-order valence-electron chi connectivity index (χ1n) is 13.5. The number of nitrogens with one attached hydrogen (secondary N) is 1. The summed E-state index contributed by atoms with van der Waals surface area (Å²) in [6.45, 7) is 8.74. The molecule has 2 amide bonds. The molecule has 0 saturated carbocycles. The van der Waals surface area contributed by atoms with E-state index in [1.807, 2.05) is 34.0 Å². The smallest absolute Gasteiger partial charge is 0.264 e. The van der Waals surface area contributed by atoms with E-state index >= 15 is 0 Å². The zero-order valence-corrected chi connectivity index (χ0v) is 26.4. The molecule has 0 aromatic heterocycles. The Bertz CT molecular complexity index is 1460. The zero-order chi connectivity index (χ0) is 31.1. The van der Waals surface area contributed by atoms with Crippen molar-refractivity contribution in [3.63, 3.8) is 0 Å². The summed E-state index contributed by atoms with van der Waals surface area (Å²) in [5.74, 6) is -0.884. The monoisotopic (exact) mass is 615 g/mol. The van der Waals surface area contributed by atoms with Crippen molar-refractivity contribution < 1.29 is 27.1 Å². The summed E-state index contributed by atoms with van der Waals surface area (Å²) in [5, 5.41) is 2.88. The van der Waals surface area contributed by atoms with Gasteiger partial charge in [-0.05, 0) is 107 Å². The lowest BCUT2D eigenvalue weighted by molar-refractivity contribution is -0.140. The number of amides is 2. The average Bonchev–Trinajstić information content (AvgIpc) is 2.95. The van der Waals surface area contributed by atoms with E-state index in [4.69, 9.17) is 4.74 Å². The third-order valence-corrected chi connectivity index (χ3v) is 8.83. The SMILES string of the molecule is CCOc1ccc(N(CC(=O)N(Cc2ccc(F)cc2)[C@H](C)C(=O)NC(C)(C)C)S(=O)(=O)c2ccc(SC)cc2)cc1. The van der Waals surface area contributed by atoms with Crippen LogP contribution in [0.25, 0.3) is 0 Å². The highest BCUT2D eigenvalue weighted by atomic mass is 32.2. The van der Waals surface area contributed by atoms with Gasteiger partial charge in [0.15, 0.2) is 0 Å². The van der Waals surface area contributed by atoms with Crippen molar-refractivity contribution in [1.82, 2.24) is 10.2 Å². The first kappa shape index (κ1) is 32.9. The van der Waals surface area contributed by atoms with Gasteiger partial charge in [0.05, 0.1) is 17.2 Å². The topological polar surface area (TPSA) is 96.0 Å². The standard InChI is InChI=1S/C31H38FN3O5S2/c1-7-40-26-14-12-25(13-15-26)35(42(38,39)28-18-16-27(41-6)17-19-28)21-29(36)34(20-23-8-10-24(32)11-9-23)22(2)30(37)33-31(3,4)5/h8-19,22H,7,20-21H2,1-6H3,(H,33,37)/t22-/m1/s1. The molecule has 0 aliphatic rings. The van der Waals surface area contributed by atoms with Gasteiger partial charge in [-0.15, -0.1) is 11.8 Å². The number of carbonyl (C=O) groups is 2. The Labute approximate surface area is 252 Å². The Balaban J connectivity index is 2.04. The molecule has 3 rings (SSSR count). The Morgan fingerprint density at radius 2 is 1.57 bits per heavy atom. The van der Waals surface area contributed by atoms with Gasteiger partial charge in [0, 0.05) is 17.0 Å². The van der Waals surface area contributed by atoms with Gasteiger partial charge in [-0.1, -0.05) is 12.1 Å². The van der Waals surface area contributed by atoms with Crippen LogP contribution in [0.4, 0.5) is 10.1 Å². The van der Waals surface area contributed by atoms with Crippen LogP contribution in [0.1, 0.15) is 40.2 Å². The molecule has 8 nitrogen and oxygen atoms in total. The van der Waals surface area contributed by atoms with Gasteiger partial charge < -0.3 is 15.0 Å². The molecule has 42 heavy (non-hydrogen) atoms. The van der Waals surface area contributed by atoms with Crippen LogP contribution in [0.3, 0.4) is 0 Å². The molecule has 11 heteroatoms. The van der Waals surface area contributed by atoms with Crippen LogP contribution >= 0.6 is 11.8 Å². The van der Waals surface area contributed by atoms with E-state index in [9.17, 15) is 22.4 Å². The number of benzene rings is 3. The Kier molecular flexibility index (Phi) is 11.0. The number of hydrogen-bond acceptors (Lipinski definition) is 6. The van der Waals surface area contributed by atoms with Crippen molar-refractivity contribution in [1.29, 1.82) is 0 Å². The van der Waals surface area contributed by atoms with Crippen LogP contribution in [0.2, 0.25) is 0 Å². The van der Waals surface area contributed by atoms with Crippen molar-refractivity contribution in [2.24, 2.45) is 0 Å². The molecule has 1 atom stereocenters. The molecule has 0 bridgehead atoms. The minimum Gasteiger partial charge on any atom is -0.494 e. The minimum atomic E-state index is -4.20. The quantitative estimate of drug-likeness (QED) is 0.272. The molecule has 0 radical (unpaired) electrons. The number of thioether (sulfide) groups is 1. The van der Waals surface area contributed by atoms with Crippen LogP contribution in [0.15, 0.2) is 82.6 Å². The van der Waals surface area contributed by atoms with Gasteiger partial charge in [0.1, 0.15) is 24.2 Å². The second kappa shape index (κ2) is 14.1. The predicted molar refractivity (Wildman–Crippen MR) is 165 cm³/mol. The number of anilines is 1. The molecule has 0 unspecified atom stereocenters. The molecule has 0 saturated heterocycles. The van der Waals surface area contributed by atoms with Gasteiger partial charge in [-0.3, -0.25) is 13.9 Å². The third-order valence-electron chi connectivity index (χ3n) is 6.29. The highest BCUT2D eigenvalue weighted by Crippen LogP contribution is 2.28. The number of nitrogens with zero attached hydrogens (tertiary/aromatic N) is 2. The molecule has 3 aromatic carbocycles. The molecule has 0 aliphatic carbocycles. The van der Waals surface area contributed by atoms with Gasteiger partial charge in [-0.2, -0.15) is 0 Å². The lowest BCUT2D eigenvalue weighted by Gasteiger charge is -2.33. The fourth-order valence-corrected chi connectivity index (χ4v) is 5.94. The molecule has 0 aliphatic heterocycles. The van der Waals surface area contributed by atoms with Crippen LogP contribution in [-0.2, 0) is 26.2 Å². The molecule has 0 heterocycles. The van der Waals surface area contributed by atoms with Crippen molar-refractivity contribution in [3.05, 3.63) is 84.2 Å². The van der Waals surface area contributed by atoms with E-state index in [0.29, 0.717) is 17.9 Å². The van der Waals surface area contributed by atoms with Crippen molar-refractivity contribution in [2.45, 2.75) is 62.5 Å². The van der Waals surface area contributed by atoms with E-state index in [1.165, 1.54) is 53.1 Å². The van der Waals surface area contributed by atoms with Crippen LogP contribution in [0.5, 0.6) is 5.75 Å². The number of hydrogen-bond donors (Lipinski definition) is 1. The zero-order valence-electron chi connectivity index (χ0n) is 24.8. The second-order valence-corrected chi connectivity index (χ2v) is 13.4. The molecule has 226 valence electrons. The summed E-state index contributed by atoms with van der Waals surface area (Å²) in [5.41, 5.74) is 0.286. The third kappa shape index (κ3) is 8.72. The Morgan fingerprint density at radius 1 is 0.976 bits per heavy atom. The molecule has 3 aromatic rings. The summed E-state index contributed by atoms with van der Waals surface area (Å²) in [4.78, 5) is 29.4. The van der Waals surface area contributed by atoms with Crippen molar-refractivity contribution in [3.8, 4) is 5.75 Å². The highest BCUT2D eigenvalue weighted by Gasteiger charge is 2.33. The molecular weight excluding hydrogens is 577 g/mol. The van der Waals surface area contributed by atoms with E-state index in [1.54, 1.807) is 43.3 Å². The van der Waals surface area contributed by atoms with Gasteiger partial charge in [0.2, 0.25) is 11.8 Å². The van der Waals surface area contributed by atoms with Gasteiger partial charge in [0.25, 0.3) is 10.0 Å². The highest BCUT2D eigenvalue weighted by molar-refractivity contribution is 7.98. The summed E-state index contributed by atoms with van der Waals surface area (Å²) in [7, 11) is -4.20. The summed E-state index contributed by atoms with van der Waals surface area (Å²) in [6, 6.07) is 17.5. The molecule has 0 fully saturated rings. The van der Waals surface area contributed by atoms with E-state index in [0.717, 1.165) is 9.20 Å². The van der Waals surface area contributed by atoms with E-state index < -0.39 is 45.8 Å². The maximum Gasteiger partial charge on any atom is 0.264 e. The fraction of sp³-hybridized carbons (Fsp3) is 0.355. The first-order chi connectivity index (χ1) is 19.7. The number of sulfonamides is 1. The van der Waals surface area contributed by atoms with Crippen molar-refractivity contribution >= 4 is 39.3 Å². The summed E-state index contributed by atoms with van der Waals surface area (Å²) >= 11 is 1.48. The Morgan fingerprint density at radius 3 is 2.10 bits per heavy atom. The average molecular weight is 616 g/mol. The number of rotatable bonds is 12. The predicted octanol–water partition coefficient (Wildman–Crippen LogP) is 5.47. The minimum absolute atomic E-state index is 0.0191. The van der Waals surface area contributed by atoms with E-state index in [2.05, 4.69) is 5.32 Å².